The minimum Gasteiger partial charge on any atom is -0.497 e. The summed E-state index contributed by atoms with van der Waals surface area (Å²) in [4.78, 5) is 2.27. The van der Waals surface area contributed by atoms with Crippen molar-refractivity contribution in [2.24, 2.45) is 0 Å². The van der Waals surface area contributed by atoms with Crippen molar-refractivity contribution in [2.45, 2.75) is 4.90 Å². The molecule has 0 spiro atoms. The quantitative estimate of drug-likeness (QED) is 0.462. The number of nitrogens with zero attached hydrogens (tertiary/aromatic N) is 4. The molecule has 11 heteroatoms. The van der Waals surface area contributed by atoms with Crippen molar-refractivity contribution in [1.29, 1.82) is 0 Å². The molecule has 0 amide bonds. The minimum absolute atomic E-state index is 0.251. The molecule has 35 heavy (non-hydrogen) atoms. The largest absolute Gasteiger partial charge is 0.497 e. The first-order valence-electron chi connectivity index (χ1n) is 10.9. The Morgan fingerprint density at radius 2 is 1.37 bits per heavy atom. The molecule has 1 aliphatic heterocycles. The average Bonchev–Trinajstić information content (AvgIpc) is 2.92. The molecule has 3 aromatic rings. The Hall–Kier alpha value is -3.57. The van der Waals surface area contributed by atoms with Gasteiger partial charge in [-0.1, -0.05) is 0 Å². The van der Waals surface area contributed by atoms with Crippen molar-refractivity contribution >= 4 is 15.8 Å². The van der Waals surface area contributed by atoms with Gasteiger partial charge >= 0.3 is 0 Å². The molecule has 0 radical (unpaired) electrons. The van der Waals surface area contributed by atoms with Gasteiger partial charge in [-0.05, 0) is 48.5 Å². The van der Waals surface area contributed by atoms with Crippen molar-refractivity contribution in [3.8, 4) is 34.3 Å². The number of hydrogen-bond acceptors (Lipinski definition) is 9. The van der Waals surface area contributed by atoms with Gasteiger partial charge in [-0.25, -0.2) is 8.42 Å². The van der Waals surface area contributed by atoms with Crippen molar-refractivity contribution in [3.05, 3.63) is 48.5 Å². The van der Waals surface area contributed by atoms with E-state index in [0.717, 1.165) is 5.56 Å². The summed E-state index contributed by atoms with van der Waals surface area (Å²) < 4.78 is 48.8. The standard InChI is InChI=1S/C24H28N4O6S/c1-31-18-5-7-19(8-6-18)35(29,30)28-13-11-27(12-14-28)23-10-9-20(25-26-23)17-15-21(32-2)24(34-4)22(16-17)33-3/h5-10,15-16H,11-14H2,1-4H3. The maximum absolute atomic E-state index is 13.0. The molecule has 1 aliphatic rings. The second kappa shape index (κ2) is 10.4. The predicted molar refractivity (Wildman–Crippen MR) is 131 cm³/mol. The first-order valence-corrected chi connectivity index (χ1v) is 12.4. The number of methoxy groups -OCH3 is 4. The van der Waals surface area contributed by atoms with Gasteiger partial charge in [0.2, 0.25) is 15.8 Å². The van der Waals surface area contributed by atoms with Crippen LogP contribution in [0.1, 0.15) is 0 Å². The monoisotopic (exact) mass is 500 g/mol. The molecule has 2 aromatic carbocycles. The summed E-state index contributed by atoms with van der Waals surface area (Å²) in [7, 11) is 2.64. The van der Waals surface area contributed by atoms with Crippen LogP contribution in [0, 0.1) is 0 Å². The fourth-order valence-corrected chi connectivity index (χ4v) is 5.35. The van der Waals surface area contributed by atoms with Crippen LogP contribution in [0.25, 0.3) is 11.3 Å². The molecule has 0 unspecified atom stereocenters. The average molecular weight is 501 g/mol. The summed E-state index contributed by atoms with van der Waals surface area (Å²) in [6, 6.07) is 13.8. The highest BCUT2D eigenvalue weighted by molar-refractivity contribution is 7.89. The molecule has 0 N–H and O–H groups in total. The van der Waals surface area contributed by atoms with Gasteiger partial charge in [-0.15, -0.1) is 10.2 Å². The van der Waals surface area contributed by atoms with Gasteiger partial charge in [-0.3, -0.25) is 0 Å². The van der Waals surface area contributed by atoms with Gasteiger partial charge in [0, 0.05) is 31.7 Å². The Morgan fingerprint density at radius 1 is 0.743 bits per heavy atom. The highest BCUT2D eigenvalue weighted by Crippen LogP contribution is 2.40. The zero-order chi connectivity index (χ0) is 25.0. The molecule has 0 saturated carbocycles. The molecule has 4 rings (SSSR count). The first kappa shape index (κ1) is 24.6. The number of sulfonamides is 1. The van der Waals surface area contributed by atoms with E-state index in [-0.39, 0.29) is 4.90 Å². The van der Waals surface area contributed by atoms with E-state index in [0.29, 0.717) is 60.7 Å². The number of benzene rings is 2. The lowest BCUT2D eigenvalue weighted by molar-refractivity contribution is 0.324. The van der Waals surface area contributed by atoms with E-state index in [2.05, 4.69) is 10.2 Å². The van der Waals surface area contributed by atoms with E-state index in [1.54, 1.807) is 52.7 Å². The van der Waals surface area contributed by atoms with E-state index in [4.69, 9.17) is 18.9 Å². The Labute approximate surface area is 205 Å². The Kier molecular flexibility index (Phi) is 7.27. The lowest BCUT2D eigenvalue weighted by Gasteiger charge is -2.34. The van der Waals surface area contributed by atoms with Crippen LogP contribution >= 0.6 is 0 Å². The summed E-state index contributed by atoms with van der Waals surface area (Å²) >= 11 is 0. The molecule has 0 aliphatic carbocycles. The SMILES string of the molecule is COc1ccc(S(=O)(=O)N2CCN(c3ccc(-c4cc(OC)c(OC)c(OC)c4)nn3)CC2)cc1. The van der Waals surface area contributed by atoms with Gasteiger partial charge in [0.15, 0.2) is 17.3 Å². The summed E-state index contributed by atoms with van der Waals surface area (Å²) in [5, 5.41) is 8.75. The third kappa shape index (κ3) is 4.96. The number of rotatable bonds is 8. The second-order valence-electron chi connectivity index (χ2n) is 7.76. The highest BCUT2D eigenvalue weighted by atomic mass is 32.2. The minimum atomic E-state index is -3.57. The van der Waals surface area contributed by atoms with Crippen molar-refractivity contribution in [1.82, 2.24) is 14.5 Å². The van der Waals surface area contributed by atoms with Gasteiger partial charge in [0.1, 0.15) is 5.75 Å². The van der Waals surface area contributed by atoms with Crippen molar-refractivity contribution in [2.75, 3.05) is 59.5 Å². The highest BCUT2D eigenvalue weighted by Gasteiger charge is 2.29. The van der Waals surface area contributed by atoms with Gasteiger partial charge < -0.3 is 23.8 Å². The molecular formula is C24H28N4O6S. The molecule has 0 atom stereocenters. The zero-order valence-corrected chi connectivity index (χ0v) is 20.9. The van der Waals surface area contributed by atoms with Crippen LogP contribution in [0.15, 0.2) is 53.4 Å². The summed E-state index contributed by atoms with van der Waals surface area (Å²) in [6.45, 7) is 1.72. The smallest absolute Gasteiger partial charge is 0.243 e. The Bertz CT molecular complexity index is 1230. The number of anilines is 1. The van der Waals surface area contributed by atoms with Crippen LogP contribution in [0.4, 0.5) is 5.82 Å². The lowest BCUT2D eigenvalue weighted by atomic mass is 10.1. The molecule has 10 nitrogen and oxygen atoms in total. The van der Waals surface area contributed by atoms with Gasteiger partial charge in [-0.2, -0.15) is 4.31 Å². The van der Waals surface area contributed by atoms with Crippen LogP contribution in [-0.2, 0) is 10.0 Å². The molecule has 2 heterocycles. The topological polar surface area (TPSA) is 103 Å². The molecule has 1 saturated heterocycles. The van der Waals surface area contributed by atoms with E-state index < -0.39 is 10.0 Å². The number of piperazine rings is 1. The Morgan fingerprint density at radius 3 is 1.86 bits per heavy atom. The maximum Gasteiger partial charge on any atom is 0.243 e. The van der Waals surface area contributed by atoms with Gasteiger partial charge in [0.05, 0.1) is 39.0 Å². The summed E-state index contributed by atoms with van der Waals surface area (Å²) in [5.41, 5.74) is 1.42. The number of aromatic nitrogens is 2. The predicted octanol–water partition coefficient (Wildman–Crippen LogP) is 2.69. The van der Waals surface area contributed by atoms with E-state index in [9.17, 15) is 8.42 Å². The third-order valence-electron chi connectivity index (χ3n) is 5.87. The zero-order valence-electron chi connectivity index (χ0n) is 20.1. The molecular weight excluding hydrogens is 472 g/mol. The van der Waals surface area contributed by atoms with E-state index in [1.165, 1.54) is 4.31 Å². The van der Waals surface area contributed by atoms with Crippen LogP contribution in [0.5, 0.6) is 23.0 Å². The van der Waals surface area contributed by atoms with Crippen LogP contribution in [0.2, 0.25) is 0 Å². The lowest BCUT2D eigenvalue weighted by Crippen LogP contribution is -2.48. The van der Waals surface area contributed by atoms with E-state index >= 15 is 0 Å². The number of hydrogen-bond donors (Lipinski definition) is 0. The summed E-state index contributed by atoms with van der Waals surface area (Å²) in [6.07, 6.45) is 0. The first-order chi connectivity index (χ1) is 16.9. The van der Waals surface area contributed by atoms with Crippen molar-refractivity contribution in [3.63, 3.8) is 0 Å². The van der Waals surface area contributed by atoms with Gasteiger partial charge in [0.25, 0.3) is 0 Å². The molecule has 0 bridgehead atoms. The van der Waals surface area contributed by atoms with Crippen LogP contribution in [0.3, 0.4) is 0 Å². The Balaban J connectivity index is 1.46. The summed E-state index contributed by atoms with van der Waals surface area (Å²) in [5.74, 6) is 2.86. The van der Waals surface area contributed by atoms with E-state index in [1.807, 2.05) is 29.2 Å². The number of ether oxygens (including phenoxy) is 4. The van der Waals surface area contributed by atoms with Crippen LogP contribution < -0.4 is 23.8 Å². The molecule has 1 aromatic heterocycles. The fourth-order valence-electron chi connectivity index (χ4n) is 3.93. The fraction of sp³-hybridized carbons (Fsp3) is 0.333. The molecule has 186 valence electrons. The third-order valence-corrected chi connectivity index (χ3v) is 7.78. The van der Waals surface area contributed by atoms with Crippen LogP contribution in [-0.4, -0.2) is 77.5 Å². The second-order valence-corrected chi connectivity index (χ2v) is 9.70. The molecule has 1 fully saturated rings. The maximum atomic E-state index is 13.0. The van der Waals surface area contributed by atoms with Crippen molar-refractivity contribution < 1.29 is 27.4 Å². The normalized spacial score (nSPS) is 14.5.